The normalized spacial score (nSPS) is 21.9. The molecule has 96 valence electrons. The molecule has 0 saturated heterocycles. The van der Waals surface area contributed by atoms with Gasteiger partial charge >= 0.3 is 0 Å². The zero-order valence-electron chi connectivity index (χ0n) is 10.9. The molecular formula is C13H28N2O. The van der Waals surface area contributed by atoms with E-state index in [-0.39, 0.29) is 6.10 Å². The molecule has 1 fully saturated rings. The molecule has 1 aliphatic rings. The fourth-order valence-electron chi connectivity index (χ4n) is 2.84. The maximum atomic E-state index is 5.74. The van der Waals surface area contributed by atoms with Crippen LogP contribution >= 0.6 is 0 Å². The minimum absolute atomic E-state index is 0.275. The fourth-order valence-corrected chi connectivity index (χ4v) is 2.84. The van der Waals surface area contributed by atoms with E-state index in [1.807, 2.05) is 0 Å². The summed E-state index contributed by atoms with van der Waals surface area (Å²) >= 11 is 0. The summed E-state index contributed by atoms with van der Waals surface area (Å²) in [6, 6.07) is 0.327. The van der Waals surface area contributed by atoms with Gasteiger partial charge in [0.05, 0.1) is 6.10 Å². The summed E-state index contributed by atoms with van der Waals surface area (Å²) < 4.78 is 5.74. The Labute approximate surface area is 100 Å². The largest absolute Gasteiger partial charge is 0.377 e. The Bertz CT molecular complexity index is 169. The highest BCUT2D eigenvalue weighted by Crippen LogP contribution is 2.28. The van der Waals surface area contributed by atoms with Crippen molar-refractivity contribution in [1.82, 2.24) is 5.43 Å². The lowest BCUT2D eigenvalue weighted by molar-refractivity contribution is 0.0235. The minimum Gasteiger partial charge on any atom is -0.377 e. The highest BCUT2D eigenvalue weighted by atomic mass is 16.5. The molecule has 2 atom stereocenters. The molecule has 3 nitrogen and oxygen atoms in total. The second-order valence-electron chi connectivity index (χ2n) is 4.91. The monoisotopic (exact) mass is 228 g/mol. The average Bonchev–Trinajstić information content (AvgIpc) is 2.35. The SMILES string of the molecule is CCOC(CC)C(CC1CCCCC1)NN. The summed E-state index contributed by atoms with van der Waals surface area (Å²) in [5.74, 6) is 6.52. The van der Waals surface area contributed by atoms with Gasteiger partial charge in [0.25, 0.3) is 0 Å². The molecule has 16 heavy (non-hydrogen) atoms. The van der Waals surface area contributed by atoms with Gasteiger partial charge in [-0.1, -0.05) is 39.0 Å². The topological polar surface area (TPSA) is 47.3 Å². The summed E-state index contributed by atoms with van der Waals surface area (Å²) in [6.45, 7) is 5.00. The fraction of sp³-hybridized carbons (Fsp3) is 1.00. The Morgan fingerprint density at radius 2 is 1.94 bits per heavy atom. The van der Waals surface area contributed by atoms with Gasteiger partial charge < -0.3 is 4.74 Å². The van der Waals surface area contributed by atoms with Gasteiger partial charge in [-0.15, -0.1) is 0 Å². The van der Waals surface area contributed by atoms with Crippen LogP contribution < -0.4 is 11.3 Å². The molecule has 0 aliphatic heterocycles. The average molecular weight is 228 g/mol. The first-order valence-corrected chi connectivity index (χ1v) is 6.89. The van der Waals surface area contributed by atoms with E-state index in [0.717, 1.165) is 18.9 Å². The second-order valence-corrected chi connectivity index (χ2v) is 4.91. The smallest absolute Gasteiger partial charge is 0.0738 e. The molecule has 3 N–H and O–H groups in total. The number of hydrogen-bond acceptors (Lipinski definition) is 3. The van der Waals surface area contributed by atoms with Crippen LogP contribution in [0.1, 0.15) is 58.8 Å². The van der Waals surface area contributed by atoms with E-state index in [9.17, 15) is 0 Å². The van der Waals surface area contributed by atoms with Gasteiger partial charge in [-0.3, -0.25) is 11.3 Å². The molecule has 0 aromatic rings. The number of nitrogens with two attached hydrogens (primary N) is 1. The number of ether oxygens (including phenoxy) is 1. The Morgan fingerprint density at radius 3 is 2.44 bits per heavy atom. The standard InChI is InChI=1S/C13H28N2O/c1-3-13(16-4-2)12(15-14)10-11-8-6-5-7-9-11/h11-13,15H,3-10,14H2,1-2H3. The summed E-state index contributed by atoms with van der Waals surface area (Å²) in [6.07, 6.45) is 9.45. The summed E-state index contributed by atoms with van der Waals surface area (Å²) in [7, 11) is 0. The van der Waals surface area contributed by atoms with Crippen LogP contribution in [0.2, 0.25) is 0 Å². The third-order valence-corrected chi connectivity index (χ3v) is 3.76. The van der Waals surface area contributed by atoms with Gasteiger partial charge in [0.1, 0.15) is 0 Å². The van der Waals surface area contributed by atoms with Gasteiger partial charge in [-0.05, 0) is 25.7 Å². The van der Waals surface area contributed by atoms with Crippen LogP contribution in [0.15, 0.2) is 0 Å². The van der Waals surface area contributed by atoms with Crippen LogP contribution in [-0.4, -0.2) is 18.8 Å². The molecule has 0 aromatic heterocycles. The van der Waals surface area contributed by atoms with Crippen molar-refractivity contribution < 1.29 is 4.74 Å². The molecule has 0 radical (unpaired) electrons. The highest BCUT2D eigenvalue weighted by molar-refractivity contribution is 4.79. The van der Waals surface area contributed by atoms with Crippen molar-refractivity contribution in [3.05, 3.63) is 0 Å². The zero-order valence-corrected chi connectivity index (χ0v) is 10.9. The maximum Gasteiger partial charge on any atom is 0.0738 e. The van der Waals surface area contributed by atoms with Crippen molar-refractivity contribution in [2.24, 2.45) is 11.8 Å². The summed E-state index contributed by atoms with van der Waals surface area (Å²) in [4.78, 5) is 0. The first-order valence-electron chi connectivity index (χ1n) is 6.89. The van der Waals surface area contributed by atoms with Crippen molar-refractivity contribution in [3.63, 3.8) is 0 Å². The van der Waals surface area contributed by atoms with Gasteiger partial charge in [-0.25, -0.2) is 0 Å². The van der Waals surface area contributed by atoms with Gasteiger partial charge in [0, 0.05) is 12.6 Å². The summed E-state index contributed by atoms with van der Waals surface area (Å²) in [5.41, 5.74) is 2.96. The third-order valence-electron chi connectivity index (χ3n) is 3.76. The predicted molar refractivity (Wildman–Crippen MR) is 68.0 cm³/mol. The molecule has 1 rings (SSSR count). The van der Waals surface area contributed by atoms with E-state index in [1.54, 1.807) is 0 Å². The maximum absolute atomic E-state index is 5.74. The van der Waals surface area contributed by atoms with Crippen LogP contribution in [0, 0.1) is 5.92 Å². The van der Waals surface area contributed by atoms with Crippen LogP contribution in [0.3, 0.4) is 0 Å². The predicted octanol–water partition coefficient (Wildman–Crippen LogP) is 2.60. The Balaban J connectivity index is 2.38. The lowest BCUT2D eigenvalue weighted by atomic mass is 9.83. The second kappa shape index (κ2) is 8.04. The van der Waals surface area contributed by atoms with Crippen molar-refractivity contribution in [2.45, 2.75) is 70.9 Å². The van der Waals surface area contributed by atoms with E-state index < -0.39 is 0 Å². The first-order chi connectivity index (χ1) is 7.81. The molecule has 1 saturated carbocycles. The van der Waals surface area contributed by atoms with Gasteiger partial charge in [-0.2, -0.15) is 0 Å². The van der Waals surface area contributed by atoms with Crippen molar-refractivity contribution >= 4 is 0 Å². The van der Waals surface area contributed by atoms with Crippen LogP contribution in [0.4, 0.5) is 0 Å². The van der Waals surface area contributed by atoms with Crippen LogP contribution in [0.5, 0.6) is 0 Å². The Morgan fingerprint density at radius 1 is 1.25 bits per heavy atom. The highest BCUT2D eigenvalue weighted by Gasteiger charge is 2.24. The van der Waals surface area contributed by atoms with E-state index in [4.69, 9.17) is 10.6 Å². The molecule has 1 aliphatic carbocycles. The molecule has 3 heteroatoms. The molecule has 0 aromatic carbocycles. The summed E-state index contributed by atoms with van der Waals surface area (Å²) in [5, 5.41) is 0. The Kier molecular flexibility index (Phi) is 7.01. The molecule has 0 heterocycles. The van der Waals surface area contributed by atoms with E-state index in [0.29, 0.717) is 6.04 Å². The molecule has 2 unspecified atom stereocenters. The number of hydrazine groups is 1. The van der Waals surface area contributed by atoms with E-state index in [2.05, 4.69) is 19.3 Å². The quantitative estimate of drug-likeness (QED) is 0.520. The van der Waals surface area contributed by atoms with Gasteiger partial charge in [0.15, 0.2) is 0 Å². The third kappa shape index (κ3) is 4.40. The number of hydrogen-bond donors (Lipinski definition) is 2. The lowest BCUT2D eigenvalue weighted by Gasteiger charge is -2.30. The number of rotatable bonds is 7. The van der Waals surface area contributed by atoms with E-state index in [1.165, 1.54) is 38.5 Å². The lowest BCUT2D eigenvalue weighted by Crippen LogP contribution is -2.46. The molecule has 0 spiro atoms. The van der Waals surface area contributed by atoms with Crippen molar-refractivity contribution in [2.75, 3.05) is 6.61 Å². The Hall–Kier alpha value is -0.120. The molecule has 0 bridgehead atoms. The van der Waals surface area contributed by atoms with Crippen molar-refractivity contribution in [1.29, 1.82) is 0 Å². The van der Waals surface area contributed by atoms with Crippen molar-refractivity contribution in [3.8, 4) is 0 Å². The zero-order chi connectivity index (χ0) is 11.8. The molecule has 0 amide bonds. The molecular weight excluding hydrogens is 200 g/mol. The first kappa shape index (κ1) is 13.9. The minimum atomic E-state index is 0.275. The van der Waals surface area contributed by atoms with Crippen LogP contribution in [-0.2, 0) is 4.74 Å². The van der Waals surface area contributed by atoms with Crippen LogP contribution in [0.25, 0.3) is 0 Å². The number of nitrogens with one attached hydrogen (secondary N) is 1. The van der Waals surface area contributed by atoms with E-state index >= 15 is 0 Å². The van der Waals surface area contributed by atoms with Gasteiger partial charge in [0.2, 0.25) is 0 Å².